The third-order valence-corrected chi connectivity index (χ3v) is 5.45. The number of amides is 1. The molecule has 1 amide bonds. The number of nitrogens with zero attached hydrogens (tertiary/aromatic N) is 1. The molecule has 2 atom stereocenters. The Balaban J connectivity index is 2.07. The van der Waals surface area contributed by atoms with Crippen LogP contribution in [-0.2, 0) is 14.9 Å². The van der Waals surface area contributed by atoms with Gasteiger partial charge in [0.25, 0.3) is 0 Å². The Morgan fingerprint density at radius 2 is 2.29 bits per heavy atom. The monoisotopic (exact) mass is 297 g/mol. The molecule has 1 aromatic rings. The number of hydrogen-bond donors (Lipinski definition) is 2. The van der Waals surface area contributed by atoms with Crippen LogP contribution in [0.2, 0.25) is 0 Å². The molecule has 2 N–H and O–H groups in total. The minimum atomic E-state index is -1.11. The maximum absolute atomic E-state index is 12.8. The Bertz CT molecular complexity index is 764. The first kappa shape index (κ1) is 12.5. The van der Waals surface area contributed by atoms with Gasteiger partial charge in [-0.25, -0.2) is 0 Å². The third-order valence-electron chi connectivity index (χ3n) is 4.20. The summed E-state index contributed by atoms with van der Waals surface area (Å²) in [5, 5.41) is 20.5. The van der Waals surface area contributed by atoms with Gasteiger partial charge in [0.2, 0.25) is 11.8 Å². The highest BCUT2D eigenvalue weighted by molar-refractivity contribution is 8.03. The topological polar surface area (TPSA) is 86.0 Å². The lowest BCUT2D eigenvalue weighted by atomic mass is 9.69. The van der Waals surface area contributed by atoms with Crippen molar-refractivity contribution in [2.75, 3.05) is 11.1 Å². The summed E-state index contributed by atoms with van der Waals surface area (Å²) in [6, 6.07) is 9.51. The highest BCUT2D eigenvalue weighted by atomic mass is 32.2. The van der Waals surface area contributed by atoms with Gasteiger partial charge in [0.1, 0.15) is 17.1 Å². The van der Waals surface area contributed by atoms with Gasteiger partial charge in [-0.1, -0.05) is 18.2 Å². The van der Waals surface area contributed by atoms with Crippen LogP contribution in [0.1, 0.15) is 12.0 Å². The van der Waals surface area contributed by atoms with Crippen molar-refractivity contribution in [1.82, 2.24) is 0 Å². The van der Waals surface area contributed by atoms with Crippen molar-refractivity contribution < 1.29 is 9.53 Å². The van der Waals surface area contributed by atoms with Crippen molar-refractivity contribution in [3.8, 4) is 6.07 Å². The highest BCUT2D eigenvalue weighted by Crippen LogP contribution is 2.57. The average Bonchev–Trinajstić information content (AvgIpc) is 3.04. The molecule has 0 aromatic heterocycles. The summed E-state index contributed by atoms with van der Waals surface area (Å²) in [5.74, 6) is 0.192. The predicted molar refractivity (Wildman–Crippen MR) is 78.8 cm³/mol. The first-order valence-corrected chi connectivity index (χ1v) is 7.61. The van der Waals surface area contributed by atoms with E-state index in [1.807, 2.05) is 24.3 Å². The van der Waals surface area contributed by atoms with E-state index in [1.165, 1.54) is 0 Å². The van der Waals surface area contributed by atoms with E-state index in [2.05, 4.69) is 11.4 Å². The Morgan fingerprint density at radius 3 is 3.10 bits per heavy atom. The number of benzene rings is 1. The summed E-state index contributed by atoms with van der Waals surface area (Å²) in [4.78, 5) is 13.6. The third kappa shape index (κ3) is 1.37. The fraction of sp³-hybridized carbons (Fsp3) is 0.267. The van der Waals surface area contributed by atoms with Crippen LogP contribution in [0.3, 0.4) is 0 Å². The van der Waals surface area contributed by atoms with Crippen molar-refractivity contribution in [2.24, 2.45) is 5.92 Å². The van der Waals surface area contributed by atoms with E-state index in [9.17, 15) is 10.1 Å². The lowest BCUT2D eigenvalue weighted by molar-refractivity contribution is -0.120. The fourth-order valence-electron chi connectivity index (χ4n) is 3.34. The Morgan fingerprint density at radius 1 is 1.48 bits per heavy atom. The number of carbonyl (C=O) groups is 1. The lowest BCUT2D eigenvalue weighted by Gasteiger charge is -2.36. The van der Waals surface area contributed by atoms with Gasteiger partial charge >= 0.3 is 0 Å². The van der Waals surface area contributed by atoms with Crippen molar-refractivity contribution in [2.45, 2.75) is 11.8 Å². The number of anilines is 1. The molecule has 0 aliphatic carbocycles. The molecule has 1 spiro atoms. The molecule has 0 bridgehead atoms. The fourth-order valence-corrected chi connectivity index (χ4v) is 4.68. The van der Waals surface area contributed by atoms with Crippen molar-refractivity contribution in [3.63, 3.8) is 0 Å². The normalized spacial score (nSPS) is 29.8. The number of nitriles is 1. The standard InChI is InChI=1S/C15H11N3O2S/c16-7-9-13(17)20-11-5-6-21-12(11)15(9)8-3-1-2-4-10(8)18-14(15)19/h1-4,9,17H,5-6H2,(H,18,19). The molecule has 104 valence electrons. The Hall–Kier alpha value is -2.26. The first-order chi connectivity index (χ1) is 10.2. The number of carbonyl (C=O) groups excluding carboxylic acids is 1. The quantitative estimate of drug-likeness (QED) is 0.769. The molecule has 3 aliphatic heterocycles. The van der Waals surface area contributed by atoms with Crippen LogP contribution in [0.5, 0.6) is 0 Å². The van der Waals surface area contributed by atoms with Crippen LogP contribution < -0.4 is 5.32 Å². The maximum atomic E-state index is 12.8. The summed E-state index contributed by atoms with van der Waals surface area (Å²) in [5.41, 5.74) is 0.380. The summed E-state index contributed by atoms with van der Waals surface area (Å²) in [6.45, 7) is 0. The van der Waals surface area contributed by atoms with Gasteiger partial charge in [0.05, 0.1) is 6.07 Å². The molecular formula is C15H11N3O2S. The van der Waals surface area contributed by atoms with Crippen LogP contribution in [0.4, 0.5) is 5.69 Å². The van der Waals surface area contributed by atoms with E-state index < -0.39 is 11.3 Å². The number of allylic oxidation sites excluding steroid dienone is 1. The predicted octanol–water partition coefficient (Wildman–Crippen LogP) is 2.37. The van der Waals surface area contributed by atoms with E-state index in [0.29, 0.717) is 12.2 Å². The molecule has 0 saturated carbocycles. The average molecular weight is 297 g/mol. The molecule has 0 radical (unpaired) electrons. The summed E-state index contributed by atoms with van der Waals surface area (Å²) < 4.78 is 5.50. The van der Waals surface area contributed by atoms with Crippen LogP contribution in [0.25, 0.3) is 0 Å². The number of ether oxygens (including phenoxy) is 1. The van der Waals surface area contributed by atoms with Gasteiger partial charge in [0, 0.05) is 22.8 Å². The van der Waals surface area contributed by atoms with Crippen molar-refractivity contribution in [1.29, 1.82) is 10.7 Å². The number of thioether (sulfide) groups is 1. The molecule has 2 unspecified atom stereocenters. The van der Waals surface area contributed by atoms with Crippen LogP contribution in [0, 0.1) is 22.7 Å². The summed E-state index contributed by atoms with van der Waals surface area (Å²) in [7, 11) is 0. The van der Waals surface area contributed by atoms with Gasteiger partial charge in [-0.15, -0.1) is 11.8 Å². The van der Waals surface area contributed by atoms with Crippen LogP contribution >= 0.6 is 11.8 Å². The molecule has 1 aromatic carbocycles. The highest BCUT2D eigenvalue weighted by Gasteiger charge is 2.61. The van der Waals surface area contributed by atoms with Gasteiger partial charge < -0.3 is 10.1 Å². The number of hydrogen-bond acceptors (Lipinski definition) is 5. The second-order valence-electron chi connectivity index (χ2n) is 5.19. The molecule has 0 fully saturated rings. The van der Waals surface area contributed by atoms with E-state index in [0.717, 1.165) is 21.9 Å². The number of rotatable bonds is 0. The van der Waals surface area contributed by atoms with Gasteiger partial charge in [-0.3, -0.25) is 10.2 Å². The van der Waals surface area contributed by atoms with E-state index in [4.69, 9.17) is 10.1 Å². The minimum absolute atomic E-state index is 0.134. The largest absolute Gasteiger partial charge is 0.446 e. The van der Waals surface area contributed by atoms with Crippen molar-refractivity contribution in [3.05, 3.63) is 40.5 Å². The zero-order valence-electron chi connectivity index (χ0n) is 11.0. The molecule has 3 heterocycles. The maximum Gasteiger partial charge on any atom is 0.242 e. The minimum Gasteiger partial charge on any atom is -0.446 e. The zero-order valence-corrected chi connectivity index (χ0v) is 11.8. The van der Waals surface area contributed by atoms with Crippen LogP contribution in [-0.4, -0.2) is 17.6 Å². The zero-order chi connectivity index (χ0) is 14.6. The van der Waals surface area contributed by atoms with E-state index >= 15 is 0 Å². The molecule has 6 heteroatoms. The van der Waals surface area contributed by atoms with Gasteiger partial charge in [0.15, 0.2) is 0 Å². The van der Waals surface area contributed by atoms with Crippen LogP contribution in [0.15, 0.2) is 34.9 Å². The number of para-hydroxylation sites is 1. The Kier molecular flexibility index (Phi) is 2.45. The molecule has 21 heavy (non-hydrogen) atoms. The molecule has 0 saturated heterocycles. The SMILES string of the molecule is N#CC1C(=N)OC2=C(SCC2)C12C(=O)Nc1ccccc12. The summed E-state index contributed by atoms with van der Waals surface area (Å²) in [6.07, 6.45) is 0.692. The van der Waals surface area contributed by atoms with Crippen molar-refractivity contribution >= 4 is 29.3 Å². The lowest BCUT2D eigenvalue weighted by Crippen LogP contribution is -2.48. The second kappa shape index (κ2) is 4.12. The van der Waals surface area contributed by atoms with Gasteiger partial charge in [-0.05, 0) is 11.6 Å². The molecule has 3 aliphatic rings. The summed E-state index contributed by atoms with van der Waals surface area (Å²) >= 11 is 1.56. The first-order valence-electron chi connectivity index (χ1n) is 6.63. The van der Waals surface area contributed by atoms with Gasteiger partial charge in [-0.2, -0.15) is 5.26 Å². The molecule has 4 rings (SSSR count). The van der Waals surface area contributed by atoms with E-state index in [1.54, 1.807) is 11.8 Å². The molecule has 5 nitrogen and oxygen atoms in total. The second-order valence-corrected chi connectivity index (χ2v) is 6.29. The molecular weight excluding hydrogens is 286 g/mol. The smallest absolute Gasteiger partial charge is 0.242 e. The van der Waals surface area contributed by atoms with E-state index in [-0.39, 0.29) is 11.8 Å². The number of fused-ring (bicyclic) bond motifs is 3. The Labute approximate surface area is 125 Å². The number of nitrogens with one attached hydrogen (secondary N) is 2.